The lowest BCUT2D eigenvalue weighted by Gasteiger charge is -2.25. The van der Waals surface area contributed by atoms with E-state index in [1.807, 2.05) is 0 Å². The minimum Gasteiger partial charge on any atom is -0.462 e. The second kappa shape index (κ2) is 11.0. The molecule has 1 saturated carbocycles. The SMILES string of the molecule is O=C(OC[C@@H]1C[C@@H](Cl)C(OC(=O)c2ccccc2)C1OC(=O)c1ccccc1)c1ccccc1. The Morgan fingerprint density at radius 2 is 1.06 bits per heavy atom. The minimum absolute atomic E-state index is 0.0386. The van der Waals surface area contributed by atoms with E-state index in [-0.39, 0.29) is 6.61 Å². The first kappa shape index (κ1) is 23.5. The van der Waals surface area contributed by atoms with Gasteiger partial charge in [-0.3, -0.25) is 0 Å². The molecule has 0 bridgehead atoms. The molecule has 2 unspecified atom stereocenters. The van der Waals surface area contributed by atoms with Gasteiger partial charge >= 0.3 is 17.9 Å². The summed E-state index contributed by atoms with van der Waals surface area (Å²) in [6.07, 6.45) is -1.45. The Balaban J connectivity index is 1.51. The summed E-state index contributed by atoms with van der Waals surface area (Å²) in [5.41, 5.74) is 1.12. The van der Waals surface area contributed by atoms with Crippen LogP contribution in [0, 0.1) is 5.92 Å². The summed E-state index contributed by atoms with van der Waals surface area (Å²) >= 11 is 6.55. The van der Waals surface area contributed by atoms with E-state index in [2.05, 4.69) is 0 Å². The number of alkyl halides is 1. The molecule has 4 atom stereocenters. The van der Waals surface area contributed by atoms with Gasteiger partial charge in [0.1, 0.15) is 6.10 Å². The van der Waals surface area contributed by atoms with Crippen LogP contribution in [0.4, 0.5) is 0 Å². The molecule has 0 amide bonds. The highest BCUT2D eigenvalue weighted by molar-refractivity contribution is 6.21. The molecule has 0 aromatic heterocycles. The average Bonchev–Trinajstić information content (AvgIpc) is 3.17. The zero-order valence-corrected chi connectivity index (χ0v) is 19.0. The normalized spacial score (nSPS) is 21.4. The molecule has 174 valence electrons. The van der Waals surface area contributed by atoms with Crippen molar-refractivity contribution >= 4 is 29.5 Å². The van der Waals surface area contributed by atoms with E-state index in [1.54, 1.807) is 91.0 Å². The molecule has 0 radical (unpaired) electrons. The number of hydrogen-bond donors (Lipinski definition) is 0. The summed E-state index contributed by atoms with van der Waals surface area (Å²) in [5, 5.41) is -0.623. The van der Waals surface area contributed by atoms with Crippen LogP contribution < -0.4 is 0 Å². The monoisotopic (exact) mass is 478 g/mol. The fourth-order valence-corrected chi connectivity index (χ4v) is 4.29. The van der Waals surface area contributed by atoms with Crippen LogP contribution in [-0.2, 0) is 14.2 Å². The van der Waals surface area contributed by atoms with Crippen LogP contribution in [0.1, 0.15) is 37.5 Å². The van der Waals surface area contributed by atoms with Gasteiger partial charge in [0.15, 0.2) is 6.10 Å². The van der Waals surface area contributed by atoms with Gasteiger partial charge in [0.2, 0.25) is 0 Å². The predicted molar refractivity (Wildman–Crippen MR) is 126 cm³/mol. The van der Waals surface area contributed by atoms with Crippen LogP contribution >= 0.6 is 11.6 Å². The smallest absolute Gasteiger partial charge is 0.338 e. The summed E-state index contributed by atoms with van der Waals surface area (Å²) in [6.45, 7) is -0.0386. The van der Waals surface area contributed by atoms with Crippen molar-refractivity contribution in [1.82, 2.24) is 0 Å². The largest absolute Gasteiger partial charge is 0.462 e. The number of ether oxygens (including phenoxy) is 3. The summed E-state index contributed by atoms with van der Waals surface area (Å²) in [5.74, 6) is -2.09. The molecule has 3 aromatic rings. The van der Waals surface area contributed by atoms with Gasteiger partial charge in [-0.05, 0) is 42.8 Å². The van der Waals surface area contributed by atoms with E-state index in [9.17, 15) is 14.4 Å². The van der Waals surface area contributed by atoms with Crippen molar-refractivity contribution in [1.29, 1.82) is 0 Å². The average molecular weight is 479 g/mol. The van der Waals surface area contributed by atoms with Gasteiger partial charge < -0.3 is 14.2 Å². The van der Waals surface area contributed by atoms with Crippen LogP contribution in [0.3, 0.4) is 0 Å². The highest BCUT2D eigenvalue weighted by atomic mass is 35.5. The Morgan fingerprint density at radius 1 is 0.647 bits per heavy atom. The predicted octanol–water partition coefficient (Wildman–Crippen LogP) is 4.92. The summed E-state index contributed by atoms with van der Waals surface area (Å²) in [7, 11) is 0. The highest BCUT2D eigenvalue weighted by Gasteiger charge is 2.48. The fraction of sp³-hybridized carbons (Fsp3) is 0.222. The lowest BCUT2D eigenvalue weighted by molar-refractivity contribution is -0.0426. The van der Waals surface area contributed by atoms with Gasteiger partial charge in [0.05, 0.1) is 28.7 Å². The highest BCUT2D eigenvalue weighted by Crippen LogP contribution is 2.36. The van der Waals surface area contributed by atoms with Crippen LogP contribution in [-0.4, -0.2) is 42.1 Å². The standard InChI is InChI=1S/C27H23ClO6/c28-22-16-21(17-32-25(29)18-10-4-1-5-11-18)23(33-26(30)19-12-6-2-7-13-19)24(22)34-27(31)20-14-8-3-9-15-20/h1-15,21-24H,16-17H2/t21-,22+,23?,24?/m0/s1. The molecule has 7 heteroatoms. The van der Waals surface area contributed by atoms with E-state index in [4.69, 9.17) is 25.8 Å². The molecule has 1 aliphatic rings. The van der Waals surface area contributed by atoms with E-state index in [1.165, 1.54) is 0 Å². The minimum atomic E-state index is -0.900. The van der Waals surface area contributed by atoms with Gasteiger partial charge in [-0.1, -0.05) is 54.6 Å². The van der Waals surface area contributed by atoms with Gasteiger partial charge in [-0.25, -0.2) is 14.4 Å². The van der Waals surface area contributed by atoms with Crippen molar-refractivity contribution in [3.05, 3.63) is 108 Å². The zero-order chi connectivity index (χ0) is 23.9. The van der Waals surface area contributed by atoms with E-state index < -0.39 is 41.4 Å². The summed E-state index contributed by atoms with van der Waals surface area (Å²) < 4.78 is 17.0. The van der Waals surface area contributed by atoms with Crippen molar-refractivity contribution in [2.45, 2.75) is 24.0 Å². The van der Waals surface area contributed by atoms with E-state index in [0.717, 1.165) is 0 Å². The van der Waals surface area contributed by atoms with Crippen molar-refractivity contribution in [2.75, 3.05) is 6.61 Å². The number of esters is 3. The molecule has 6 nitrogen and oxygen atoms in total. The van der Waals surface area contributed by atoms with Gasteiger partial charge in [-0.15, -0.1) is 11.6 Å². The van der Waals surface area contributed by atoms with Gasteiger partial charge in [-0.2, -0.15) is 0 Å². The molecule has 0 N–H and O–H groups in total. The molecule has 1 aliphatic carbocycles. The van der Waals surface area contributed by atoms with Crippen molar-refractivity contribution in [3.63, 3.8) is 0 Å². The van der Waals surface area contributed by atoms with Crippen molar-refractivity contribution < 1.29 is 28.6 Å². The number of carbonyl (C=O) groups excluding carboxylic acids is 3. The Morgan fingerprint density at radius 3 is 1.53 bits per heavy atom. The number of benzene rings is 3. The maximum atomic E-state index is 12.8. The first-order chi connectivity index (χ1) is 16.5. The maximum Gasteiger partial charge on any atom is 0.338 e. The maximum absolute atomic E-state index is 12.8. The second-order valence-corrected chi connectivity index (χ2v) is 8.51. The topological polar surface area (TPSA) is 78.9 Å². The molecule has 1 fully saturated rings. The Hall–Kier alpha value is -3.64. The van der Waals surface area contributed by atoms with E-state index in [0.29, 0.717) is 23.1 Å². The summed E-state index contributed by atoms with van der Waals surface area (Å²) in [6, 6.07) is 25.6. The first-order valence-corrected chi connectivity index (χ1v) is 11.3. The molecule has 0 saturated heterocycles. The third-order valence-electron chi connectivity index (χ3n) is 5.62. The lowest BCUT2D eigenvalue weighted by atomic mass is 10.1. The van der Waals surface area contributed by atoms with Gasteiger partial charge in [0.25, 0.3) is 0 Å². The number of halogens is 1. The molecule has 0 heterocycles. The van der Waals surface area contributed by atoms with Crippen LogP contribution in [0.2, 0.25) is 0 Å². The lowest BCUT2D eigenvalue weighted by Crippen LogP contribution is -2.39. The van der Waals surface area contributed by atoms with Gasteiger partial charge in [0, 0.05) is 5.92 Å². The Kier molecular flexibility index (Phi) is 7.60. The Labute approximate surface area is 202 Å². The Bertz CT molecular complexity index is 1120. The quantitative estimate of drug-likeness (QED) is 0.272. The molecular formula is C27H23ClO6. The first-order valence-electron chi connectivity index (χ1n) is 10.9. The van der Waals surface area contributed by atoms with Crippen molar-refractivity contribution in [2.24, 2.45) is 5.92 Å². The molecule has 4 rings (SSSR count). The fourth-order valence-electron chi connectivity index (χ4n) is 3.87. The molecular weight excluding hydrogens is 456 g/mol. The molecule has 3 aromatic carbocycles. The van der Waals surface area contributed by atoms with Crippen molar-refractivity contribution in [3.8, 4) is 0 Å². The molecule has 0 aliphatic heterocycles. The third-order valence-corrected chi connectivity index (χ3v) is 6.04. The van der Waals surface area contributed by atoms with E-state index >= 15 is 0 Å². The van der Waals surface area contributed by atoms with Crippen LogP contribution in [0.15, 0.2) is 91.0 Å². The summed E-state index contributed by atoms with van der Waals surface area (Å²) in [4.78, 5) is 37.9. The van der Waals surface area contributed by atoms with Crippen LogP contribution in [0.5, 0.6) is 0 Å². The molecule has 0 spiro atoms. The third kappa shape index (κ3) is 5.64. The molecule has 34 heavy (non-hydrogen) atoms. The number of carbonyl (C=O) groups is 3. The second-order valence-electron chi connectivity index (χ2n) is 7.95. The van der Waals surface area contributed by atoms with Crippen LogP contribution in [0.25, 0.3) is 0 Å². The number of hydrogen-bond acceptors (Lipinski definition) is 6. The zero-order valence-electron chi connectivity index (χ0n) is 18.2. The number of rotatable bonds is 7.